The molecule has 0 aliphatic rings. The van der Waals surface area contributed by atoms with Gasteiger partial charge in [0.2, 0.25) is 0 Å². The second-order valence-corrected chi connectivity index (χ2v) is 6.62. The predicted molar refractivity (Wildman–Crippen MR) is 56.2 cm³/mol. The van der Waals surface area contributed by atoms with Crippen LogP contribution in [0.1, 0.15) is 30.2 Å². The first-order chi connectivity index (χ1) is 5.84. The third kappa shape index (κ3) is 2.24. The Labute approximate surface area is 87.0 Å². The topological polar surface area (TPSA) is 34.1 Å². The number of hydrogen-bond donors (Lipinski definition) is 0. The third-order valence-electron chi connectivity index (χ3n) is 1.71. The van der Waals surface area contributed by atoms with E-state index in [1.807, 2.05) is 19.2 Å². The molecule has 0 aromatic carbocycles. The highest BCUT2D eigenvalue weighted by atomic mass is 35.7. The molecule has 2 nitrogen and oxygen atoms in total. The Hall–Kier alpha value is -0.0600. The van der Waals surface area contributed by atoms with Crippen molar-refractivity contribution < 1.29 is 8.42 Å². The van der Waals surface area contributed by atoms with Gasteiger partial charge >= 0.3 is 0 Å². The van der Waals surface area contributed by atoms with Crippen LogP contribution < -0.4 is 0 Å². The molecule has 0 aliphatic carbocycles. The molecule has 1 aromatic rings. The van der Waals surface area contributed by atoms with E-state index >= 15 is 0 Å². The van der Waals surface area contributed by atoms with Gasteiger partial charge in [-0.1, -0.05) is 13.8 Å². The van der Waals surface area contributed by atoms with E-state index < -0.39 is 9.05 Å². The summed E-state index contributed by atoms with van der Waals surface area (Å²) in [6.07, 6.45) is 0. The van der Waals surface area contributed by atoms with Crippen LogP contribution in [0.5, 0.6) is 0 Å². The Morgan fingerprint density at radius 2 is 2.00 bits per heavy atom. The van der Waals surface area contributed by atoms with Crippen LogP contribution in [0.2, 0.25) is 0 Å². The van der Waals surface area contributed by atoms with Gasteiger partial charge in [-0.3, -0.25) is 0 Å². The Morgan fingerprint density at radius 3 is 2.31 bits per heavy atom. The molecule has 74 valence electrons. The zero-order chi connectivity index (χ0) is 10.2. The van der Waals surface area contributed by atoms with Crippen LogP contribution in [0.25, 0.3) is 0 Å². The zero-order valence-corrected chi connectivity index (χ0v) is 10.1. The number of halogens is 1. The second-order valence-electron chi connectivity index (χ2n) is 3.20. The molecule has 0 fully saturated rings. The summed E-state index contributed by atoms with van der Waals surface area (Å²) in [5.41, 5.74) is 0.740. The van der Waals surface area contributed by atoms with E-state index in [4.69, 9.17) is 10.7 Å². The van der Waals surface area contributed by atoms with E-state index in [1.54, 1.807) is 6.92 Å². The van der Waals surface area contributed by atoms with Gasteiger partial charge in [0.05, 0.1) is 4.90 Å². The van der Waals surface area contributed by atoms with Crippen molar-refractivity contribution in [2.75, 3.05) is 0 Å². The van der Waals surface area contributed by atoms with Gasteiger partial charge in [-0.15, -0.1) is 11.3 Å². The van der Waals surface area contributed by atoms with Crippen molar-refractivity contribution in [3.05, 3.63) is 15.8 Å². The number of aryl methyl sites for hydroxylation is 1. The maximum Gasteiger partial charge on any atom is 0.262 e. The van der Waals surface area contributed by atoms with Crippen molar-refractivity contribution in [2.45, 2.75) is 31.6 Å². The fourth-order valence-electron chi connectivity index (χ4n) is 1.16. The van der Waals surface area contributed by atoms with Gasteiger partial charge < -0.3 is 0 Å². The lowest BCUT2D eigenvalue weighted by Crippen LogP contribution is -1.97. The van der Waals surface area contributed by atoms with Crippen LogP contribution in [-0.4, -0.2) is 8.42 Å². The molecule has 0 unspecified atom stereocenters. The first kappa shape index (κ1) is 11.0. The smallest absolute Gasteiger partial charge is 0.207 e. The lowest BCUT2D eigenvalue weighted by Gasteiger charge is -2.04. The standard InChI is InChI=1S/C8H11ClO2S2/c1-5(2)7-8(13(9,10)11)6(3)4-12-7/h4-5H,1-3H3. The lowest BCUT2D eigenvalue weighted by atomic mass is 10.1. The van der Waals surface area contributed by atoms with Crippen molar-refractivity contribution in [1.29, 1.82) is 0 Å². The second kappa shape index (κ2) is 3.59. The van der Waals surface area contributed by atoms with Crippen LogP contribution in [0.4, 0.5) is 0 Å². The molecule has 5 heteroatoms. The van der Waals surface area contributed by atoms with Crippen LogP contribution in [0, 0.1) is 6.92 Å². The normalized spacial score (nSPS) is 12.4. The van der Waals surface area contributed by atoms with Crippen molar-refractivity contribution >= 4 is 31.1 Å². The Bertz CT molecular complexity index is 404. The SMILES string of the molecule is Cc1csc(C(C)C)c1S(=O)(=O)Cl. The molecule has 0 bridgehead atoms. The summed E-state index contributed by atoms with van der Waals surface area (Å²) in [7, 11) is 1.75. The van der Waals surface area contributed by atoms with Gasteiger partial charge in [-0.25, -0.2) is 8.42 Å². The van der Waals surface area contributed by atoms with E-state index in [2.05, 4.69) is 0 Å². The Morgan fingerprint density at radius 1 is 1.46 bits per heavy atom. The van der Waals surface area contributed by atoms with Gasteiger partial charge in [-0.05, 0) is 23.8 Å². The van der Waals surface area contributed by atoms with Crippen molar-refractivity contribution in [2.24, 2.45) is 0 Å². The summed E-state index contributed by atoms with van der Waals surface area (Å²) >= 11 is 1.45. The minimum Gasteiger partial charge on any atom is -0.207 e. The van der Waals surface area contributed by atoms with Crippen LogP contribution >= 0.6 is 22.0 Å². The van der Waals surface area contributed by atoms with Gasteiger partial charge in [0.1, 0.15) is 0 Å². The molecular formula is C8H11ClO2S2. The summed E-state index contributed by atoms with van der Waals surface area (Å²) in [6, 6.07) is 0. The van der Waals surface area contributed by atoms with Gasteiger partial charge in [0.25, 0.3) is 9.05 Å². The quantitative estimate of drug-likeness (QED) is 0.742. The van der Waals surface area contributed by atoms with E-state index in [9.17, 15) is 8.42 Å². The highest BCUT2D eigenvalue weighted by molar-refractivity contribution is 8.13. The maximum atomic E-state index is 11.2. The summed E-state index contributed by atoms with van der Waals surface area (Å²) in [5, 5.41) is 1.82. The van der Waals surface area contributed by atoms with E-state index in [0.29, 0.717) is 4.90 Å². The Kier molecular flexibility index (Phi) is 3.05. The van der Waals surface area contributed by atoms with Crippen LogP contribution in [0.15, 0.2) is 10.3 Å². The highest BCUT2D eigenvalue weighted by Gasteiger charge is 2.21. The molecule has 0 amide bonds. The van der Waals surface area contributed by atoms with E-state index in [0.717, 1.165) is 10.4 Å². The molecule has 0 N–H and O–H groups in total. The largest absolute Gasteiger partial charge is 0.262 e. The number of rotatable bonds is 2. The first-order valence-corrected chi connectivity index (χ1v) is 7.05. The molecule has 1 rings (SSSR count). The van der Waals surface area contributed by atoms with Crippen molar-refractivity contribution in [3.8, 4) is 0 Å². The fourth-order valence-corrected chi connectivity index (χ4v) is 4.35. The molecular weight excluding hydrogens is 228 g/mol. The summed E-state index contributed by atoms with van der Waals surface area (Å²) in [4.78, 5) is 1.14. The molecule has 0 atom stereocenters. The summed E-state index contributed by atoms with van der Waals surface area (Å²) in [6.45, 7) is 5.67. The van der Waals surface area contributed by atoms with Crippen molar-refractivity contribution in [3.63, 3.8) is 0 Å². The Balaban J connectivity index is 3.42. The average Bonchev–Trinajstić information content (AvgIpc) is 2.28. The summed E-state index contributed by atoms with van der Waals surface area (Å²) < 4.78 is 22.4. The molecule has 0 saturated heterocycles. The molecule has 0 spiro atoms. The van der Waals surface area contributed by atoms with Gasteiger partial charge in [0, 0.05) is 15.6 Å². The fraction of sp³-hybridized carbons (Fsp3) is 0.500. The summed E-state index contributed by atoms with van der Waals surface area (Å²) in [5.74, 6) is 0.197. The van der Waals surface area contributed by atoms with E-state index in [-0.39, 0.29) is 5.92 Å². The van der Waals surface area contributed by atoms with Crippen LogP contribution in [0.3, 0.4) is 0 Å². The van der Waals surface area contributed by atoms with Gasteiger partial charge in [0.15, 0.2) is 0 Å². The van der Waals surface area contributed by atoms with Crippen LogP contribution in [-0.2, 0) is 9.05 Å². The molecule has 0 radical (unpaired) electrons. The molecule has 1 heterocycles. The molecule has 0 saturated carbocycles. The minimum atomic E-state index is -3.58. The molecule has 13 heavy (non-hydrogen) atoms. The maximum absolute atomic E-state index is 11.2. The monoisotopic (exact) mass is 238 g/mol. The van der Waals surface area contributed by atoms with Gasteiger partial charge in [-0.2, -0.15) is 0 Å². The minimum absolute atomic E-state index is 0.197. The van der Waals surface area contributed by atoms with Crippen molar-refractivity contribution in [1.82, 2.24) is 0 Å². The average molecular weight is 239 g/mol. The highest BCUT2D eigenvalue weighted by Crippen LogP contribution is 2.34. The number of thiophene rings is 1. The van der Waals surface area contributed by atoms with E-state index in [1.165, 1.54) is 11.3 Å². The number of hydrogen-bond acceptors (Lipinski definition) is 3. The predicted octanol–water partition coefficient (Wildman–Crippen LogP) is 3.11. The molecule has 0 aliphatic heterocycles. The lowest BCUT2D eigenvalue weighted by molar-refractivity contribution is 0.607. The molecule has 1 aromatic heterocycles. The zero-order valence-electron chi connectivity index (χ0n) is 7.67. The first-order valence-electron chi connectivity index (χ1n) is 3.86. The third-order valence-corrected chi connectivity index (χ3v) is 4.74.